The van der Waals surface area contributed by atoms with Crippen molar-refractivity contribution in [2.75, 3.05) is 0 Å². The molecule has 2 heteroatoms. The Morgan fingerprint density at radius 3 is 2.53 bits per heavy atom. The van der Waals surface area contributed by atoms with Gasteiger partial charge in [-0.15, -0.1) is 0 Å². The van der Waals surface area contributed by atoms with Crippen molar-refractivity contribution in [3.8, 4) is 0 Å². The average molecular weight is 210 g/mol. The van der Waals surface area contributed by atoms with E-state index < -0.39 is 0 Å². The van der Waals surface area contributed by atoms with Crippen LogP contribution in [0.2, 0.25) is 0 Å². The third kappa shape index (κ3) is 5.10. The van der Waals surface area contributed by atoms with E-state index in [4.69, 9.17) is 5.73 Å². The minimum absolute atomic E-state index is 0.0730. The van der Waals surface area contributed by atoms with Crippen molar-refractivity contribution in [3.05, 3.63) is 11.9 Å². The normalized spacial score (nSPS) is 28.1. The summed E-state index contributed by atoms with van der Waals surface area (Å²) in [6.07, 6.45) is 7.44. The first-order valence-electron chi connectivity index (χ1n) is 6.10. The predicted octanol–water partition coefficient (Wildman–Crippen LogP) is 3.00. The van der Waals surface area contributed by atoms with Gasteiger partial charge in [0.05, 0.1) is 5.82 Å². The molecule has 0 aromatic carbocycles. The summed E-state index contributed by atoms with van der Waals surface area (Å²) < 4.78 is 0. The van der Waals surface area contributed by atoms with Crippen LogP contribution in [-0.2, 0) is 0 Å². The Hall–Kier alpha value is -0.660. The third-order valence-electron chi connectivity index (χ3n) is 2.99. The van der Waals surface area contributed by atoms with Crippen LogP contribution in [0.15, 0.2) is 11.9 Å². The van der Waals surface area contributed by atoms with Crippen molar-refractivity contribution in [2.24, 2.45) is 17.6 Å². The van der Waals surface area contributed by atoms with Gasteiger partial charge in [0.2, 0.25) is 0 Å². The maximum atomic E-state index is 5.92. The Kier molecular flexibility index (Phi) is 4.06. The highest BCUT2D eigenvalue weighted by atomic mass is 15.0. The van der Waals surface area contributed by atoms with Crippen molar-refractivity contribution < 1.29 is 0 Å². The summed E-state index contributed by atoms with van der Waals surface area (Å²) in [4.78, 5) is 0. The van der Waals surface area contributed by atoms with E-state index in [1.807, 2.05) is 0 Å². The molecule has 2 atom stereocenters. The zero-order valence-corrected chi connectivity index (χ0v) is 10.6. The van der Waals surface area contributed by atoms with E-state index >= 15 is 0 Å². The highest BCUT2D eigenvalue weighted by Gasteiger charge is 2.20. The number of nitrogens with one attached hydrogen (secondary N) is 1. The second-order valence-electron chi connectivity index (χ2n) is 6.05. The summed E-state index contributed by atoms with van der Waals surface area (Å²) in [5.41, 5.74) is 6.00. The van der Waals surface area contributed by atoms with Crippen molar-refractivity contribution >= 4 is 0 Å². The van der Waals surface area contributed by atoms with E-state index in [9.17, 15) is 0 Å². The molecule has 0 heterocycles. The fourth-order valence-corrected chi connectivity index (χ4v) is 2.32. The van der Waals surface area contributed by atoms with E-state index in [2.05, 4.69) is 39.1 Å². The Morgan fingerprint density at radius 1 is 1.40 bits per heavy atom. The van der Waals surface area contributed by atoms with Crippen LogP contribution in [0, 0.1) is 11.8 Å². The molecule has 0 aromatic heterocycles. The van der Waals surface area contributed by atoms with Gasteiger partial charge in [-0.1, -0.05) is 13.3 Å². The van der Waals surface area contributed by atoms with Crippen molar-refractivity contribution in [1.29, 1.82) is 0 Å². The summed E-state index contributed by atoms with van der Waals surface area (Å²) >= 11 is 0. The van der Waals surface area contributed by atoms with Crippen LogP contribution in [0.5, 0.6) is 0 Å². The van der Waals surface area contributed by atoms with Gasteiger partial charge in [-0.25, -0.2) is 0 Å². The van der Waals surface area contributed by atoms with E-state index in [1.165, 1.54) is 19.3 Å². The molecule has 0 aromatic rings. The van der Waals surface area contributed by atoms with E-state index in [1.54, 1.807) is 0 Å². The average Bonchev–Trinajstić information content (AvgIpc) is 2.45. The molecule has 0 saturated heterocycles. The van der Waals surface area contributed by atoms with Crippen LogP contribution >= 0.6 is 0 Å². The molecule has 3 N–H and O–H groups in total. The number of allylic oxidation sites excluding steroid dienone is 1. The minimum Gasteiger partial charge on any atom is -0.386 e. The minimum atomic E-state index is 0.0730. The molecule has 1 aliphatic carbocycles. The quantitative estimate of drug-likeness (QED) is 0.751. The fraction of sp³-hybridized carbons (Fsp3) is 0.846. The second-order valence-corrected chi connectivity index (χ2v) is 6.05. The van der Waals surface area contributed by atoms with Gasteiger partial charge in [0.25, 0.3) is 0 Å². The highest BCUT2D eigenvalue weighted by molar-refractivity contribution is 4.99. The summed E-state index contributed by atoms with van der Waals surface area (Å²) in [6, 6.07) is 0. The summed E-state index contributed by atoms with van der Waals surface area (Å²) in [6.45, 7) is 8.74. The SMILES string of the molecule is CC1CCC(C/C=C(/N)NC(C)(C)C)C1. The molecular weight excluding hydrogens is 184 g/mol. The Labute approximate surface area is 94.3 Å². The largest absolute Gasteiger partial charge is 0.386 e. The highest BCUT2D eigenvalue weighted by Crippen LogP contribution is 2.32. The molecule has 1 saturated carbocycles. The lowest BCUT2D eigenvalue weighted by atomic mass is 10.0. The van der Waals surface area contributed by atoms with Gasteiger partial charge in [-0.3, -0.25) is 0 Å². The molecule has 88 valence electrons. The van der Waals surface area contributed by atoms with Crippen molar-refractivity contribution in [3.63, 3.8) is 0 Å². The molecule has 1 aliphatic rings. The first kappa shape index (κ1) is 12.4. The monoisotopic (exact) mass is 210 g/mol. The lowest BCUT2D eigenvalue weighted by molar-refractivity contribution is 0.464. The Balaban J connectivity index is 2.31. The summed E-state index contributed by atoms with van der Waals surface area (Å²) in [7, 11) is 0. The molecule has 15 heavy (non-hydrogen) atoms. The predicted molar refractivity (Wildman–Crippen MR) is 66.3 cm³/mol. The lowest BCUT2D eigenvalue weighted by Gasteiger charge is -2.22. The number of hydrogen-bond donors (Lipinski definition) is 2. The molecule has 0 aliphatic heterocycles. The number of hydrogen-bond acceptors (Lipinski definition) is 2. The summed E-state index contributed by atoms with van der Waals surface area (Å²) in [5, 5.41) is 3.29. The first-order valence-corrected chi connectivity index (χ1v) is 6.10. The molecule has 0 amide bonds. The maximum absolute atomic E-state index is 5.92. The van der Waals surface area contributed by atoms with Crippen molar-refractivity contribution in [1.82, 2.24) is 5.32 Å². The molecule has 0 bridgehead atoms. The number of nitrogens with two attached hydrogens (primary N) is 1. The second kappa shape index (κ2) is 4.91. The van der Waals surface area contributed by atoms with E-state index in [0.717, 1.165) is 24.1 Å². The Morgan fingerprint density at radius 2 is 2.07 bits per heavy atom. The van der Waals surface area contributed by atoms with Crippen LogP contribution in [0.1, 0.15) is 53.4 Å². The van der Waals surface area contributed by atoms with Crippen LogP contribution < -0.4 is 11.1 Å². The molecule has 2 unspecified atom stereocenters. The molecule has 2 nitrogen and oxygen atoms in total. The molecule has 1 rings (SSSR count). The standard InChI is InChI=1S/C13H26N2/c1-10-5-6-11(9-10)7-8-12(14)15-13(2,3)4/h8,10-11,15H,5-7,9,14H2,1-4H3/b12-8-. The topological polar surface area (TPSA) is 38.0 Å². The van der Waals surface area contributed by atoms with Gasteiger partial charge in [-0.2, -0.15) is 0 Å². The van der Waals surface area contributed by atoms with Crippen molar-refractivity contribution in [2.45, 2.75) is 58.9 Å². The smallest absolute Gasteiger partial charge is 0.0922 e. The Bertz CT molecular complexity index is 225. The van der Waals surface area contributed by atoms with Gasteiger partial charge in [-0.05, 0) is 57.9 Å². The summed E-state index contributed by atoms with van der Waals surface area (Å²) in [5.74, 6) is 2.61. The maximum Gasteiger partial charge on any atom is 0.0922 e. The van der Waals surface area contributed by atoms with Gasteiger partial charge in [0.15, 0.2) is 0 Å². The zero-order valence-electron chi connectivity index (χ0n) is 10.6. The third-order valence-corrected chi connectivity index (χ3v) is 2.99. The van der Waals surface area contributed by atoms with Gasteiger partial charge in [0.1, 0.15) is 0 Å². The first-order chi connectivity index (χ1) is 6.87. The van der Waals surface area contributed by atoms with Crippen LogP contribution in [-0.4, -0.2) is 5.54 Å². The zero-order chi connectivity index (χ0) is 11.5. The van der Waals surface area contributed by atoms with Gasteiger partial charge in [0, 0.05) is 5.54 Å². The molecule has 0 radical (unpaired) electrons. The van der Waals surface area contributed by atoms with Crippen LogP contribution in [0.4, 0.5) is 0 Å². The molecular formula is C13H26N2. The van der Waals surface area contributed by atoms with Gasteiger partial charge < -0.3 is 11.1 Å². The fourth-order valence-electron chi connectivity index (χ4n) is 2.32. The van der Waals surface area contributed by atoms with Crippen LogP contribution in [0.3, 0.4) is 0 Å². The molecule has 1 fully saturated rings. The number of rotatable bonds is 3. The molecule has 0 spiro atoms. The van der Waals surface area contributed by atoms with E-state index in [0.29, 0.717) is 0 Å². The van der Waals surface area contributed by atoms with Crippen LogP contribution in [0.25, 0.3) is 0 Å². The lowest BCUT2D eigenvalue weighted by Crippen LogP contribution is -2.38. The van der Waals surface area contributed by atoms with E-state index in [-0.39, 0.29) is 5.54 Å². The van der Waals surface area contributed by atoms with Gasteiger partial charge >= 0.3 is 0 Å².